The topological polar surface area (TPSA) is 74.4 Å². The summed E-state index contributed by atoms with van der Waals surface area (Å²) in [6, 6.07) is 18.6. The van der Waals surface area contributed by atoms with Crippen LogP contribution in [0.15, 0.2) is 104 Å². The van der Waals surface area contributed by atoms with Gasteiger partial charge in [0.2, 0.25) is 0 Å². The number of carbonyl (C=O) groups excluding carboxylic acids is 1. The predicted molar refractivity (Wildman–Crippen MR) is 138 cm³/mol. The predicted octanol–water partition coefficient (Wildman–Crippen LogP) is 7.05. The van der Waals surface area contributed by atoms with Crippen LogP contribution in [0.5, 0.6) is 0 Å². The van der Waals surface area contributed by atoms with E-state index in [2.05, 4.69) is 26.9 Å². The van der Waals surface area contributed by atoms with Gasteiger partial charge in [0.1, 0.15) is 17.9 Å². The van der Waals surface area contributed by atoms with Gasteiger partial charge in [-0.2, -0.15) is 0 Å². The van der Waals surface area contributed by atoms with Crippen molar-refractivity contribution in [2.24, 2.45) is 0 Å². The number of hydrogen-bond acceptors (Lipinski definition) is 3. The van der Waals surface area contributed by atoms with Crippen LogP contribution in [0.25, 0.3) is 21.8 Å². The molecular weight excluding hydrogens is 458 g/mol. The number of aldehydes is 1. The van der Waals surface area contributed by atoms with Crippen LogP contribution >= 0.6 is 0 Å². The van der Waals surface area contributed by atoms with Gasteiger partial charge in [-0.3, -0.25) is 14.8 Å². The van der Waals surface area contributed by atoms with E-state index >= 15 is 0 Å². The van der Waals surface area contributed by atoms with Crippen LogP contribution in [0, 0.1) is 11.6 Å². The van der Waals surface area contributed by atoms with Gasteiger partial charge in [-0.15, -0.1) is 0 Å². The zero-order valence-corrected chi connectivity index (χ0v) is 19.5. The van der Waals surface area contributed by atoms with Crippen molar-refractivity contribution in [1.82, 2.24) is 19.9 Å². The van der Waals surface area contributed by atoms with Crippen molar-refractivity contribution in [3.8, 4) is 0 Å². The number of hydrogen-bond donors (Lipinski definition) is 2. The molecule has 0 radical (unpaired) electrons. The highest BCUT2D eigenvalue weighted by atomic mass is 19.1. The molecule has 7 heteroatoms. The maximum atomic E-state index is 13.3. The van der Waals surface area contributed by atoms with Crippen molar-refractivity contribution < 1.29 is 13.6 Å². The standard InChI is InChI=1S/C15H13FN2.C8H6FN.C6H5NO/c1-10(11-4-6-17-7-5-11)14-9-18-15-3-2-12(16)8-13(14)15;9-7-1-2-8-6(5-7)3-4-10-8;8-5-6-1-3-7-4-2-6/h2-10,18H,1H3;1-5,10H;1-5H. The molecule has 6 aromatic rings. The van der Waals surface area contributed by atoms with Crippen LogP contribution in [-0.4, -0.2) is 26.2 Å². The molecule has 2 N–H and O–H groups in total. The summed E-state index contributed by atoms with van der Waals surface area (Å²) in [7, 11) is 0. The molecule has 0 spiro atoms. The number of aromatic amines is 2. The molecule has 0 saturated heterocycles. The van der Waals surface area contributed by atoms with Gasteiger partial charge in [0.25, 0.3) is 0 Å². The molecular formula is C29H24F2N4O. The Morgan fingerprint density at radius 1 is 0.778 bits per heavy atom. The molecule has 180 valence electrons. The van der Waals surface area contributed by atoms with Crippen LogP contribution in [0.3, 0.4) is 0 Å². The summed E-state index contributed by atoms with van der Waals surface area (Å²) in [6.07, 6.45) is 11.3. The Morgan fingerprint density at radius 2 is 1.42 bits per heavy atom. The highest BCUT2D eigenvalue weighted by molar-refractivity contribution is 5.84. The van der Waals surface area contributed by atoms with Crippen LogP contribution in [0.1, 0.15) is 34.3 Å². The number of benzene rings is 2. The summed E-state index contributed by atoms with van der Waals surface area (Å²) in [6.45, 7) is 2.11. The summed E-state index contributed by atoms with van der Waals surface area (Å²) in [5.41, 5.74) is 4.89. The fraction of sp³-hybridized carbons (Fsp3) is 0.0690. The Morgan fingerprint density at radius 3 is 2.08 bits per heavy atom. The van der Waals surface area contributed by atoms with Crippen LogP contribution in [0.2, 0.25) is 0 Å². The molecule has 2 aromatic carbocycles. The van der Waals surface area contributed by atoms with E-state index in [4.69, 9.17) is 0 Å². The van der Waals surface area contributed by atoms with Crippen LogP contribution < -0.4 is 0 Å². The largest absolute Gasteiger partial charge is 0.361 e. The minimum atomic E-state index is -0.203. The lowest BCUT2D eigenvalue weighted by atomic mass is 9.94. The fourth-order valence-corrected chi connectivity index (χ4v) is 3.77. The molecule has 1 atom stereocenters. The number of halogens is 2. The molecule has 4 heterocycles. The fourth-order valence-electron chi connectivity index (χ4n) is 3.77. The summed E-state index contributed by atoms with van der Waals surface area (Å²) in [5.74, 6) is -0.180. The Kier molecular flexibility index (Phi) is 7.93. The van der Waals surface area contributed by atoms with Crippen molar-refractivity contribution in [3.63, 3.8) is 0 Å². The third-order valence-electron chi connectivity index (χ3n) is 5.71. The molecule has 0 aliphatic carbocycles. The van der Waals surface area contributed by atoms with Crippen molar-refractivity contribution in [3.05, 3.63) is 132 Å². The number of nitrogens with zero attached hydrogens (tertiary/aromatic N) is 2. The molecule has 4 aromatic heterocycles. The minimum Gasteiger partial charge on any atom is -0.361 e. The summed E-state index contributed by atoms with van der Waals surface area (Å²) in [4.78, 5) is 23.9. The minimum absolute atomic E-state index is 0.188. The number of pyridine rings is 2. The highest BCUT2D eigenvalue weighted by Crippen LogP contribution is 2.30. The second-order valence-electron chi connectivity index (χ2n) is 8.04. The van der Waals surface area contributed by atoms with Gasteiger partial charge < -0.3 is 9.97 Å². The maximum Gasteiger partial charge on any atom is 0.150 e. The van der Waals surface area contributed by atoms with Gasteiger partial charge in [0.05, 0.1) is 0 Å². The molecule has 0 aliphatic rings. The number of carbonyl (C=O) groups is 1. The van der Waals surface area contributed by atoms with E-state index in [0.29, 0.717) is 5.56 Å². The zero-order valence-electron chi connectivity index (χ0n) is 19.5. The van der Waals surface area contributed by atoms with Crippen molar-refractivity contribution >= 4 is 28.1 Å². The van der Waals surface area contributed by atoms with E-state index < -0.39 is 0 Å². The molecule has 0 amide bonds. The van der Waals surface area contributed by atoms with Crippen LogP contribution in [0.4, 0.5) is 8.78 Å². The lowest BCUT2D eigenvalue weighted by Crippen LogP contribution is -1.95. The molecule has 1 unspecified atom stereocenters. The first kappa shape index (κ1) is 24.5. The first-order valence-electron chi connectivity index (χ1n) is 11.3. The average molecular weight is 483 g/mol. The quantitative estimate of drug-likeness (QED) is 0.265. The lowest BCUT2D eigenvalue weighted by Gasteiger charge is -2.10. The summed E-state index contributed by atoms with van der Waals surface area (Å²) in [5, 5.41) is 1.86. The Hall–Kier alpha value is -4.65. The first-order chi connectivity index (χ1) is 17.5. The highest BCUT2D eigenvalue weighted by Gasteiger charge is 2.13. The lowest BCUT2D eigenvalue weighted by molar-refractivity contribution is 0.112. The van der Waals surface area contributed by atoms with E-state index in [1.807, 2.05) is 24.4 Å². The third kappa shape index (κ3) is 6.07. The second-order valence-corrected chi connectivity index (χ2v) is 8.04. The van der Waals surface area contributed by atoms with E-state index in [-0.39, 0.29) is 17.6 Å². The van der Waals surface area contributed by atoms with Crippen LogP contribution in [-0.2, 0) is 0 Å². The monoisotopic (exact) mass is 482 g/mol. The number of fused-ring (bicyclic) bond motifs is 2. The molecule has 0 saturated carbocycles. The number of nitrogens with one attached hydrogen (secondary N) is 2. The van der Waals surface area contributed by atoms with Gasteiger partial charge in [-0.1, -0.05) is 6.92 Å². The Balaban J connectivity index is 0.000000142. The number of H-pyrrole nitrogens is 2. The molecule has 0 fully saturated rings. The summed E-state index contributed by atoms with van der Waals surface area (Å²) < 4.78 is 25.8. The Bertz CT molecular complexity index is 1550. The van der Waals surface area contributed by atoms with E-state index in [1.165, 1.54) is 23.8 Å². The van der Waals surface area contributed by atoms with Gasteiger partial charge in [0.15, 0.2) is 0 Å². The van der Waals surface area contributed by atoms with Crippen molar-refractivity contribution in [2.45, 2.75) is 12.8 Å². The van der Waals surface area contributed by atoms with Gasteiger partial charge in [-0.25, -0.2) is 8.78 Å². The van der Waals surface area contributed by atoms with Gasteiger partial charge in [0, 0.05) is 70.5 Å². The zero-order chi connectivity index (χ0) is 25.3. The van der Waals surface area contributed by atoms with E-state index in [9.17, 15) is 13.6 Å². The third-order valence-corrected chi connectivity index (χ3v) is 5.71. The van der Waals surface area contributed by atoms with E-state index in [0.717, 1.165) is 33.7 Å². The smallest absolute Gasteiger partial charge is 0.150 e. The SMILES string of the molecule is CC(c1ccncc1)c1c[nH]c2ccc(F)cc12.Fc1ccc2[nH]ccc2c1.O=Cc1ccncc1. The first-order valence-corrected chi connectivity index (χ1v) is 11.3. The number of aromatic nitrogens is 4. The molecule has 0 aliphatic heterocycles. The molecule has 6 rings (SSSR count). The second kappa shape index (κ2) is 11.7. The molecule has 36 heavy (non-hydrogen) atoms. The van der Waals surface area contributed by atoms with Gasteiger partial charge >= 0.3 is 0 Å². The molecule has 5 nitrogen and oxygen atoms in total. The summed E-state index contributed by atoms with van der Waals surface area (Å²) >= 11 is 0. The normalized spacial score (nSPS) is 11.2. The average Bonchev–Trinajstić information content (AvgIpc) is 3.56. The Labute approximate surface area is 206 Å². The number of rotatable bonds is 3. The maximum absolute atomic E-state index is 13.3. The van der Waals surface area contributed by atoms with E-state index in [1.54, 1.807) is 61.3 Å². The van der Waals surface area contributed by atoms with Gasteiger partial charge in [-0.05, 0) is 77.9 Å². The van der Waals surface area contributed by atoms with Crippen molar-refractivity contribution in [2.75, 3.05) is 0 Å². The molecule has 0 bridgehead atoms. The van der Waals surface area contributed by atoms with Crippen molar-refractivity contribution in [1.29, 1.82) is 0 Å².